The molecular formula is C28H30FN5O3. The van der Waals surface area contributed by atoms with E-state index in [9.17, 15) is 14.0 Å². The fourth-order valence-corrected chi connectivity index (χ4v) is 5.68. The minimum absolute atomic E-state index is 0.149. The SMILES string of the molecule is CC(C)C1C(=O)N(c2ccc(F)cc2)C(=O)N1c1cn2c(n1)-c1ccc(N3CCC[C@H]3C)cc1OCC2. The number of imidazole rings is 1. The Bertz CT molecular complexity index is 1370. The number of hydrogen-bond acceptors (Lipinski definition) is 5. The van der Waals surface area contributed by atoms with Crippen molar-refractivity contribution in [1.82, 2.24) is 9.55 Å². The summed E-state index contributed by atoms with van der Waals surface area (Å²) in [5, 5.41) is 0. The van der Waals surface area contributed by atoms with Crippen LogP contribution in [0.15, 0.2) is 48.7 Å². The molecule has 1 unspecified atom stereocenters. The van der Waals surface area contributed by atoms with Crippen molar-refractivity contribution in [3.63, 3.8) is 0 Å². The number of amides is 3. The van der Waals surface area contributed by atoms with E-state index in [-0.39, 0.29) is 11.8 Å². The molecule has 0 spiro atoms. The van der Waals surface area contributed by atoms with Gasteiger partial charge in [0.2, 0.25) is 0 Å². The van der Waals surface area contributed by atoms with E-state index in [0.29, 0.717) is 36.5 Å². The Morgan fingerprint density at radius 2 is 1.81 bits per heavy atom. The molecule has 3 amide bonds. The molecule has 3 aliphatic heterocycles. The molecule has 1 aromatic heterocycles. The first-order chi connectivity index (χ1) is 17.8. The highest BCUT2D eigenvalue weighted by Crippen LogP contribution is 2.39. The number of benzene rings is 2. The fourth-order valence-electron chi connectivity index (χ4n) is 5.68. The van der Waals surface area contributed by atoms with Crippen molar-refractivity contribution in [3.05, 3.63) is 54.5 Å². The first kappa shape index (κ1) is 23.5. The summed E-state index contributed by atoms with van der Waals surface area (Å²) in [6.07, 6.45) is 4.18. The number of imide groups is 1. The Kier molecular flexibility index (Phi) is 5.66. The summed E-state index contributed by atoms with van der Waals surface area (Å²) >= 11 is 0. The predicted octanol–water partition coefficient (Wildman–Crippen LogP) is 5.07. The van der Waals surface area contributed by atoms with Crippen LogP contribution in [-0.4, -0.2) is 46.7 Å². The van der Waals surface area contributed by atoms with Gasteiger partial charge in [-0.25, -0.2) is 19.1 Å². The molecule has 2 aromatic carbocycles. The molecule has 9 heteroatoms. The van der Waals surface area contributed by atoms with Gasteiger partial charge in [-0.1, -0.05) is 13.8 Å². The molecule has 4 heterocycles. The van der Waals surface area contributed by atoms with Crippen LogP contribution < -0.4 is 19.4 Å². The van der Waals surface area contributed by atoms with Crippen LogP contribution >= 0.6 is 0 Å². The van der Waals surface area contributed by atoms with Gasteiger partial charge in [0.25, 0.3) is 5.91 Å². The first-order valence-electron chi connectivity index (χ1n) is 12.9. The summed E-state index contributed by atoms with van der Waals surface area (Å²) in [7, 11) is 0. The molecule has 0 bridgehead atoms. The molecule has 2 saturated heterocycles. The zero-order valence-corrected chi connectivity index (χ0v) is 21.2. The second kappa shape index (κ2) is 8.90. The highest BCUT2D eigenvalue weighted by molar-refractivity contribution is 6.28. The van der Waals surface area contributed by atoms with E-state index in [0.717, 1.165) is 28.4 Å². The maximum Gasteiger partial charge on any atom is 0.337 e. The van der Waals surface area contributed by atoms with E-state index >= 15 is 0 Å². The van der Waals surface area contributed by atoms with Gasteiger partial charge in [-0.2, -0.15) is 0 Å². The number of rotatable bonds is 4. The number of ether oxygens (including phenoxy) is 1. The molecule has 0 aliphatic carbocycles. The summed E-state index contributed by atoms with van der Waals surface area (Å²) < 4.78 is 21.6. The summed E-state index contributed by atoms with van der Waals surface area (Å²) in [5.74, 6) is 0.964. The standard InChI is InChI=1S/C28H30FN5O3/c1-17(2)25-27(35)33(20-8-6-19(29)7-9-20)28(36)34(25)24-16-31-13-14-37-23-15-21(32-12-4-5-18(32)3)10-11-22(23)26(31)30-24/h6-11,15-18,25H,4-5,12-14H2,1-3H3/t18-,25?/m1/s1. The predicted molar refractivity (Wildman–Crippen MR) is 140 cm³/mol. The van der Waals surface area contributed by atoms with Gasteiger partial charge in [0.05, 0.1) is 17.8 Å². The maximum absolute atomic E-state index is 13.6. The molecule has 0 radical (unpaired) electrons. The average molecular weight is 504 g/mol. The first-order valence-corrected chi connectivity index (χ1v) is 12.9. The van der Waals surface area contributed by atoms with Crippen LogP contribution in [0.2, 0.25) is 0 Å². The molecule has 3 aliphatic rings. The lowest BCUT2D eigenvalue weighted by atomic mass is 10.0. The van der Waals surface area contributed by atoms with E-state index in [1.807, 2.05) is 30.7 Å². The molecule has 6 rings (SSSR count). The zero-order valence-electron chi connectivity index (χ0n) is 21.2. The normalized spacial score (nSPS) is 21.4. The van der Waals surface area contributed by atoms with Crippen molar-refractivity contribution in [1.29, 1.82) is 0 Å². The molecule has 8 nitrogen and oxygen atoms in total. The molecule has 2 fully saturated rings. The number of carbonyl (C=O) groups excluding carboxylic acids is 2. The fraction of sp³-hybridized carbons (Fsp3) is 0.393. The summed E-state index contributed by atoms with van der Waals surface area (Å²) in [4.78, 5) is 36.9. The number of aromatic nitrogens is 2. The third-order valence-corrected chi connectivity index (χ3v) is 7.56. The number of hydrogen-bond donors (Lipinski definition) is 0. The van der Waals surface area contributed by atoms with Crippen molar-refractivity contribution >= 4 is 29.1 Å². The van der Waals surface area contributed by atoms with Crippen LogP contribution in [0.5, 0.6) is 5.75 Å². The second-order valence-electron chi connectivity index (χ2n) is 10.3. The van der Waals surface area contributed by atoms with Crippen LogP contribution in [0.4, 0.5) is 26.4 Å². The average Bonchev–Trinajstić information content (AvgIpc) is 3.52. The van der Waals surface area contributed by atoms with Crippen LogP contribution in [0.3, 0.4) is 0 Å². The van der Waals surface area contributed by atoms with Gasteiger partial charge in [-0.3, -0.25) is 9.69 Å². The van der Waals surface area contributed by atoms with Crippen molar-refractivity contribution in [3.8, 4) is 17.1 Å². The monoisotopic (exact) mass is 503 g/mol. The number of carbonyl (C=O) groups is 2. The lowest BCUT2D eigenvalue weighted by Crippen LogP contribution is -2.39. The molecule has 3 aromatic rings. The van der Waals surface area contributed by atoms with Crippen LogP contribution in [0.25, 0.3) is 11.4 Å². The van der Waals surface area contributed by atoms with Gasteiger partial charge >= 0.3 is 6.03 Å². The lowest BCUT2D eigenvalue weighted by Gasteiger charge is -2.24. The second-order valence-corrected chi connectivity index (χ2v) is 10.3. The molecule has 0 saturated carbocycles. The summed E-state index contributed by atoms with van der Waals surface area (Å²) in [6, 6.07) is 10.9. The van der Waals surface area contributed by atoms with Gasteiger partial charge in [0.1, 0.15) is 30.0 Å². The Morgan fingerprint density at radius 3 is 2.51 bits per heavy atom. The van der Waals surface area contributed by atoms with Crippen LogP contribution in [0.1, 0.15) is 33.6 Å². The van der Waals surface area contributed by atoms with E-state index < -0.39 is 17.9 Å². The maximum atomic E-state index is 13.6. The van der Waals surface area contributed by atoms with Gasteiger partial charge < -0.3 is 14.2 Å². The molecular weight excluding hydrogens is 473 g/mol. The summed E-state index contributed by atoms with van der Waals surface area (Å²) in [5.41, 5.74) is 2.33. The number of urea groups is 1. The van der Waals surface area contributed by atoms with Gasteiger partial charge in [-0.15, -0.1) is 0 Å². The largest absolute Gasteiger partial charge is 0.491 e. The highest BCUT2D eigenvalue weighted by atomic mass is 19.1. The molecule has 37 heavy (non-hydrogen) atoms. The number of halogens is 1. The highest BCUT2D eigenvalue weighted by Gasteiger charge is 2.49. The van der Waals surface area contributed by atoms with E-state index in [2.05, 4.69) is 24.0 Å². The minimum atomic E-state index is -0.716. The quantitative estimate of drug-likeness (QED) is 0.465. The third-order valence-electron chi connectivity index (χ3n) is 7.56. The Morgan fingerprint density at radius 1 is 1.05 bits per heavy atom. The molecule has 0 N–H and O–H groups in total. The Balaban J connectivity index is 1.38. The van der Waals surface area contributed by atoms with Gasteiger partial charge in [0, 0.05) is 30.5 Å². The van der Waals surface area contributed by atoms with Gasteiger partial charge in [0.15, 0.2) is 5.82 Å². The topological polar surface area (TPSA) is 70.9 Å². The van der Waals surface area contributed by atoms with Crippen molar-refractivity contribution in [2.75, 3.05) is 27.9 Å². The minimum Gasteiger partial charge on any atom is -0.491 e. The molecule has 2 atom stereocenters. The lowest BCUT2D eigenvalue weighted by molar-refractivity contribution is -0.118. The van der Waals surface area contributed by atoms with Crippen molar-refractivity contribution in [2.45, 2.75) is 52.2 Å². The number of anilines is 3. The Hall–Kier alpha value is -3.88. The van der Waals surface area contributed by atoms with E-state index in [1.54, 1.807) is 0 Å². The molecule has 192 valence electrons. The number of nitrogens with zero attached hydrogens (tertiary/aromatic N) is 5. The Labute approximate surface area is 215 Å². The van der Waals surface area contributed by atoms with Crippen molar-refractivity contribution in [2.24, 2.45) is 5.92 Å². The zero-order chi connectivity index (χ0) is 25.8. The van der Waals surface area contributed by atoms with Crippen LogP contribution in [-0.2, 0) is 11.3 Å². The van der Waals surface area contributed by atoms with E-state index in [4.69, 9.17) is 9.72 Å². The van der Waals surface area contributed by atoms with Crippen molar-refractivity contribution < 1.29 is 18.7 Å². The summed E-state index contributed by atoms with van der Waals surface area (Å²) in [6.45, 7) is 8.12. The smallest absolute Gasteiger partial charge is 0.337 e. The van der Waals surface area contributed by atoms with Crippen LogP contribution in [0, 0.1) is 11.7 Å². The van der Waals surface area contributed by atoms with Gasteiger partial charge in [-0.05, 0) is 62.1 Å². The third kappa shape index (κ3) is 3.84. The van der Waals surface area contributed by atoms with E-state index in [1.165, 1.54) is 42.0 Å². The number of fused-ring (bicyclic) bond motifs is 3.